The Kier molecular flexibility index (Phi) is 6.36. The van der Waals surface area contributed by atoms with Crippen LogP contribution in [0.3, 0.4) is 0 Å². The van der Waals surface area contributed by atoms with Crippen LogP contribution in [0, 0.1) is 6.92 Å². The van der Waals surface area contributed by atoms with Crippen LogP contribution in [0.4, 0.5) is 0 Å². The van der Waals surface area contributed by atoms with E-state index in [9.17, 15) is 0 Å². The standard InChI is InChI=1S/C16H27N3O/c1-7-13(3)20-15-10-12(2)8-9-14(15)11-18-16(17-4)19(5)6/h8-10,13H,7,11H2,1-6H3,(H,17,18). The van der Waals surface area contributed by atoms with Crippen LogP contribution < -0.4 is 10.1 Å². The van der Waals surface area contributed by atoms with Gasteiger partial charge in [0.2, 0.25) is 0 Å². The van der Waals surface area contributed by atoms with Gasteiger partial charge in [0.1, 0.15) is 5.75 Å². The van der Waals surface area contributed by atoms with Gasteiger partial charge in [-0.2, -0.15) is 0 Å². The molecule has 1 aromatic rings. The lowest BCUT2D eigenvalue weighted by Gasteiger charge is -2.20. The van der Waals surface area contributed by atoms with E-state index in [2.05, 4.69) is 49.3 Å². The number of rotatable bonds is 5. The molecule has 0 aliphatic heterocycles. The minimum absolute atomic E-state index is 0.226. The molecule has 1 aromatic carbocycles. The van der Waals surface area contributed by atoms with Crippen molar-refractivity contribution >= 4 is 5.96 Å². The summed E-state index contributed by atoms with van der Waals surface area (Å²) in [6, 6.07) is 6.32. The first kappa shape index (κ1) is 16.3. The smallest absolute Gasteiger partial charge is 0.193 e. The number of nitrogens with zero attached hydrogens (tertiary/aromatic N) is 2. The molecule has 0 aliphatic rings. The lowest BCUT2D eigenvalue weighted by atomic mass is 10.1. The summed E-state index contributed by atoms with van der Waals surface area (Å²) in [5, 5.41) is 3.33. The van der Waals surface area contributed by atoms with Gasteiger partial charge in [0.15, 0.2) is 5.96 Å². The molecular formula is C16H27N3O. The molecule has 0 bridgehead atoms. The van der Waals surface area contributed by atoms with Crippen LogP contribution in [-0.4, -0.2) is 38.1 Å². The van der Waals surface area contributed by atoms with E-state index >= 15 is 0 Å². The van der Waals surface area contributed by atoms with Crippen LogP contribution in [-0.2, 0) is 6.54 Å². The minimum atomic E-state index is 0.226. The SMILES string of the molecule is CCC(C)Oc1cc(C)ccc1CNC(=NC)N(C)C. The number of aliphatic imine (C=N–C) groups is 1. The van der Waals surface area contributed by atoms with Gasteiger partial charge in [0.25, 0.3) is 0 Å². The minimum Gasteiger partial charge on any atom is -0.490 e. The van der Waals surface area contributed by atoms with Crippen molar-refractivity contribution in [2.75, 3.05) is 21.1 Å². The molecule has 1 N–H and O–H groups in total. The van der Waals surface area contributed by atoms with Gasteiger partial charge >= 0.3 is 0 Å². The third-order valence-corrected chi connectivity index (χ3v) is 3.20. The Bertz CT molecular complexity index is 455. The van der Waals surface area contributed by atoms with Gasteiger partial charge in [0, 0.05) is 33.3 Å². The van der Waals surface area contributed by atoms with E-state index in [4.69, 9.17) is 4.74 Å². The second-order valence-corrected chi connectivity index (χ2v) is 5.24. The van der Waals surface area contributed by atoms with Crippen LogP contribution >= 0.6 is 0 Å². The number of benzene rings is 1. The van der Waals surface area contributed by atoms with Gasteiger partial charge in [-0.3, -0.25) is 4.99 Å². The highest BCUT2D eigenvalue weighted by molar-refractivity contribution is 5.79. The predicted molar refractivity (Wildman–Crippen MR) is 85.4 cm³/mol. The number of hydrogen-bond acceptors (Lipinski definition) is 2. The van der Waals surface area contributed by atoms with Gasteiger partial charge in [-0.05, 0) is 31.9 Å². The molecule has 0 saturated heterocycles. The number of guanidine groups is 1. The van der Waals surface area contributed by atoms with E-state index < -0.39 is 0 Å². The van der Waals surface area contributed by atoms with Crippen molar-refractivity contribution in [2.24, 2.45) is 4.99 Å². The normalized spacial score (nSPS) is 13.0. The van der Waals surface area contributed by atoms with E-state index in [1.807, 2.05) is 19.0 Å². The van der Waals surface area contributed by atoms with E-state index in [1.54, 1.807) is 7.05 Å². The third-order valence-electron chi connectivity index (χ3n) is 3.20. The quantitative estimate of drug-likeness (QED) is 0.664. The molecule has 1 rings (SSSR count). The van der Waals surface area contributed by atoms with Crippen molar-refractivity contribution in [1.82, 2.24) is 10.2 Å². The summed E-state index contributed by atoms with van der Waals surface area (Å²) in [5.41, 5.74) is 2.36. The average Bonchev–Trinajstić information content (AvgIpc) is 2.41. The number of ether oxygens (including phenoxy) is 1. The van der Waals surface area contributed by atoms with E-state index in [0.717, 1.165) is 23.7 Å². The first-order valence-corrected chi connectivity index (χ1v) is 7.12. The summed E-state index contributed by atoms with van der Waals surface area (Å²) in [6.45, 7) is 7.01. The van der Waals surface area contributed by atoms with Gasteiger partial charge in [-0.25, -0.2) is 0 Å². The Hall–Kier alpha value is -1.71. The van der Waals surface area contributed by atoms with Gasteiger partial charge < -0.3 is 15.0 Å². The zero-order valence-corrected chi connectivity index (χ0v) is 13.5. The molecule has 1 atom stereocenters. The fourth-order valence-electron chi connectivity index (χ4n) is 1.83. The molecular weight excluding hydrogens is 250 g/mol. The molecule has 0 heterocycles. The summed E-state index contributed by atoms with van der Waals surface area (Å²) >= 11 is 0. The van der Waals surface area contributed by atoms with Crippen molar-refractivity contribution in [2.45, 2.75) is 39.8 Å². The third kappa shape index (κ3) is 4.76. The van der Waals surface area contributed by atoms with Crippen LogP contribution in [0.2, 0.25) is 0 Å². The van der Waals surface area contributed by atoms with E-state index in [1.165, 1.54) is 5.56 Å². The van der Waals surface area contributed by atoms with Crippen molar-refractivity contribution in [3.8, 4) is 5.75 Å². The monoisotopic (exact) mass is 277 g/mol. The average molecular weight is 277 g/mol. The second kappa shape index (κ2) is 7.78. The summed E-state index contributed by atoms with van der Waals surface area (Å²) in [7, 11) is 5.73. The molecule has 0 radical (unpaired) electrons. The van der Waals surface area contributed by atoms with E-state index in [-0.39, 0.29) is 6.10 Å². The largest absolute Gasteiger partial charge is 0.490 e. The maximum atomic E-state index is 6.01. The van der Waals surface area contributed by atoms with Gasteiger partial charge in [0.05, 0.1) is 6.10 Å². The Morgan fingerprint density at radius 1 is 1.40 bits per heavy atom. The predicted octanol–water partition coefficient (Wildman–Crippen LogP) is 2.81. The number of hydrogen-bond donors (Lipinski definition) is 1. The fraction of sp³-hybridized carbons (Fsp3) is 0.562. The topological polar surface area (TPSA) is 36.9 Å². The fourth-order valence-corrected chi connectivity index (χ4v) is 1.83. The maximum Gasteiger partial charge on any atom is 0.193 e. The van der Waals surface area contributed by atoms with Crippen LogP contribution in [0.1, 0.15) is 31.4 Å². The van der Waals surface area contributed by atoms with Crippen LogP contribution in [0.5, 0.6) is 5.75 Å². The van der Waals surface area contributed by atoms with Crippen molar-refractivity contribution < 1.29 is 4.74 Å². The summed E-state index contributed by atoms with van der Waals surface area (Å²) in [6.07, 6.45) is 1.23. The molecule has 20 heavy (non-hydrogen) atoms. The van der Waals surface area contributed by atoms with Crippen LogP contribution in [0.15, 0.2) is 23.2 Å². The number of aryl methyl sites for hydroxylation is 1. The molecule has 0 aromatic heterocycles. The van der Waals surface area contributed by atoms with Gasteiger partial charge in [-0.15, -0.1) is 0 Å². The first-order chi connectivity index (χ1) is 9.47. The van der Waals surface area contributed by atoms with Crippen molar-refractivity contribution in [3.63, 3.8) is 0 Å². The van der Waals surface area contributed by atoms with Crippen molar-refractivity contribution in [1.29, 1.82) is 0 Å². The summed E-state index contributed by atoms with van der Waals surface area (Å²) in [4.78, 5) is 6.18. The summed E-state index contributed by atoms with van der Waals surface area (Å²) < 4.78 is 6.01. The summed E-state index contributed by atoms with van der Waals surface area (Å²) in [5.74, 6) is 1.82. The molecule has 112 valence electrons. The van der Waals surface area contributed by atoms with Crippen molar-refractivity contribution in [3.05, 3.63) is 29.3 Å². The van der Waals surface area contributed by atoms with Gasteiger partial charge in [-0.1, -0.05) is 19.1 Å². The van der Waals surface area contributed by atoms with Crippen LogP contribution in [0.25, 0.3) is 0 Å². The molecule has 4 heteroatoms. The zero-order valence-electron chi connectivity index (χ0n) is 13.5. The molecule has 1 unspecified atom stereocenters. The molecule has 0 spiro atoms. The second-order valence-electron chi connectivity index (χ2n) is 5.24. The molecule has 0 fully saturated rings. The first-order valence-electron chi connectivity index (χ1n) is 7.12. The Balaban J connectivity index is 2.83. The maximum absolute atomic E-state index is 6.01. The molecule has 4 nitrogen and oxygen atoms in total. The highest BCUT2D eigenvalue weighted by Crippen LogP contribution is 2.22. The molecule has 0 saturated carbocycles. The lowest BCUT2D eigenvalue weighted by Crippen LogP contribution is -2.35. The Labute approximate surface area is 122 Å². The molecule has 0 amide bonds. The van der Waals surface area contributed by atoms with E-state index in [0.29, 0.717) is 6.54 Å². The Morgan fingerprint density at radius 2 is 2.10 bits per heavy atom. The number of nitrogens with one attached hydrogen (secondary N) is 1. The highest BCUT2D eigenvalue weighted by atomic mass is 16.5. The lowest BCUT2D eigenvalue weighted by molar-refractivity contribution is 0.215. The molecule has 0 aliphatic carbocycles. The Morgan fingerprint density at radius 3 is 2.65 bits per heavy atom. The zero-order chi connectivity index (χ0) is 15.1. The highest BCUT2D eigenvalue weighted by Gasteiger charge is 2.09.